The van der Waals surface area contributed by atoms with E-state index in [-0.39, 0.29) is 13.4 Å². The Morgan fingerprint density at radius 3 is 3.00 bits per heavy atom. The van der Waals surface area contributed by atoms with Crippen molar-refractivity contribution >= 4 is 23.1 Å². The smallest absolute Gasteiger partial charge is 0.231 e. The van der Waals surface area contributed by atoms with Gasteiger partial charge in [0.05, 0.1) is 24.2 Å². The molecule has 1 aromatic carbocycles. The molecule has 1 N–H and O–H groups in total. The van der Waals surface area contributed by atoms with Gasteiger partial charge in [-0.15, -0.1) is 21.5 Å². The lowest BCUT2D eigenvalue weighted by atomic mass is 10.2. The summed E-state index contributed by atoms with van der Waals surface area (Å²) < 4.78 is 18.4. The van der Waals surface area contributed by atoms with Crippen LogP contribution in [0, 0.1) is 0 Å². The van der Waals surface area contributed by atoms with Crippen LogP contribution in [-0.2, 0) is 17.9 Å². The molecule has 1 atom stereocenters. The van der Waals surface area contributed by atoms with Gasteiger partial charge in [0.1, 0.15) is 0 Å². The van der Waals surface area contributed by atoms with Gasteiger partial charge < -0.3 is 23.9 Å². The van der Waals surface area contributed by atoms with E-state index < -0.39 is 6.10 Å². The number of aliphatic hydroxyl groups excluding tert-OH is 1. The molecule has 1 aliphatic heterocycles. The number of fused-ring (bicyclic) bond motifs is 1. The minimum absolute atomic E-state index is 0.249. The standard InChI is InChI=1S/C19H21N3O4S2/c1-2-22-18(17-4-3-7-27-17)20-21-19(22)28-11-14(23)10-24-9-13-5-6-15-16(8-13)26-12-25-15/h3-8,14,23H,2,9-12H2,1H3/t14-/m0/s1. The Morgan fingerprint density at radius 1 is 1.29 bits per heavy atom. The molecule has 9 heteroatoms. The van der Waals surface area contributed by atoms with Gasteiger partial charge in [0, 0.05) is 12.3 Å². The molecule has 3 heterocycles. The zero-order valence-electron chi connectivity index (χ0n) is 15.4. The van der Waals surface area contributed by atoms with Crippen LogP contribution in [0.4, 0.5) is 0 Å². The maximum absolute atomic E-state index is 10.3. The molecule has 2 aromatic heterocycles. The fourth-order valence-electron chi connectivity index (χ4n) is 2.83. The molecule has 3 aromatic rings. The van der Waals surface area contributed by atoms with Crippen molar-refractivity contribution in [1.29, 1.82) is 0 Å². The van der Waals surface area contributed by atoms with Gasteiger partial charge in [-0.3, -0.25) is 0 Å². The highest BCUT2D eigenvalue weighted by Gasteiger charge is 2.16. The van der Waals surface area contributed by atoms with Crippen molar-refractivity contribution in [3.63, 3.8) is 0 Å². The first-order valence-corrected chi connectivity index (χ1v) is 10.9. The molecular formula is C19H21N3O4S2. The highest BCUT2D eigenvalue weighted by atomic mass is 32.2. The van der Waals surface area contributed by atoms with Crippen molar-refractivity contribution < 1.29 is 19.3 Å². The minimum Gasteiger partial charge on any atom is -0.454 e. The topological polar surface area (TPSA) is 78.6 Å². The van der Waals surface area contributed by atoms with E-state index in [0.717, 1.165) is 39.5 Å². The van der Waals surface area contributed by atoms with Crippen molar-refractivity contribution in [2.45, 2.75) is 31.3 Å². The van der Waals surface area contributed by atoms with Gasteiger partial charge >= 0.3 is 0 Å². The van der Waals surface area contributed by atoms with Crippen LogP contribution in [0.5, 0.6) is 11.5 Å². The van der Waals surface area contributed by atoms with Crippen LogP contribution in [0.25, 0.3) is 10.7 Å². The lowest BCUT2D eigenvalue weighted by Gasteiger charge is -2.12. The van der Waals surface area contributed by atoms with Gasteiger partial charge in [-0.2, -0.15) is 0 Å². The van der Waals surface area contributed by atoms with Crippen molar-refractivity contribution in [3.05, 3.63) is 41.3 Å². The second kappa shape index (κ2) is 8.95. The average molecular weight is 420 g/mol. The Labute approximate surface area is 171 Å². The summed E-state index contributed by atoms with van der Waals surface area (Å²) in [5.41, 5.74) is 0.982. The Morgan fingerprint density at radius 2 is 2.18 bits per heavy atom. The maximum Gasteiger partial charge on any atom is 0.231 e. The molecule has 0 bridgehead atoms. The molecular weight excluding hydrogens is 398 g/mol. The van der Waals surface area contributed by atoms with Gasteiger partial charge in [-0.1, -0.05) is 23.9 Å². The summed E-state index contributed by atoms with van der Waals surface area (Å²) in [6, 6.07) is 9.75. The maximum atomic E-state index is 10.3. The Kier molecular flexibility index (Phi) is 6.16. The zero-order chi connectivity index (χ0) is 19.3. The van der Waals surface area contributed by atoms with Gasteiger partial charge in [0.25, 0.3) is 0 Å². The summed E-state index contributed by atoms with van der Waals surface area (Å²) in [5.74, 6) is 2.84. The van der Waals surface area contributed by atoms with E-state index in [9.17, 15) is 5.11 Å². The average Bonchev–Trinajstić information content (AvgIpc) is 3.45. The zero-order valence-corrected chi connectivity index (χ0v) is 17.0. The van der Waals surface area contributed by atoms with E-state index in [1.165, 1.54) is 11.8 Å². The van der Waals surface area contributed by atoms with E-state index in [1.54, 1.807) is 11.3 Å². The molecule has 0 fully saturated rings. The Bertz CT molecular complexity index is 914. The third-order valence-electron chi connectivity index (χ3n) is 4.20. The summed E-state index contributed by atoms with van der Waals surface area (Å²) in [6.45, 7) is 3.76. The predicted octanol–water partition coefficient (Wildman–Crippen LogP) is 3.43. The fraction of sp³-hybridized carbons (Fsp3) is 0.368. The SMILES string of the molecule is CCn1c(SC[C@@H](O)COCc2ccc3c(c2)OCO3)nnc1-c1cccs1. The van der Waals surface area contributed by atoms with Gasteiger partial charge in [-0.05, 0) is 36.1 Å². The number of thioether (sulfide) groups is 1. The number of nitrogens with zero attached hydrogens (tertiary/aromatic N) is 3. The predicted molar refractivity (Wildman–Crippen MR) is 108 cm³/mol. The van der Waals surface area contributed by atoms with Crippen LogP contribution in [0.3, 0.4) is 0 Å². The summed E-state index contributed by atoms with van der Waals surface area (Å²) in [4.78, 5) is 1.09. The highest BCUT2D eigenvalue weighted by molar-refractivity contribution is 7.99. The first-order chi connectivity index (χ1) is 13.7. The number of ether oxygens (including phenoxy) is 3. The van der Waals surface area contributed by atoms with Crippen LogP contribution in [0.2, 0.25) is 0 Å². The van der Waals surface area contributed by atoms with Crippen molar-refractivity contribution in [1.82, 2.24) is 14.8 Å². The molecule has 0 radical (unpaired) electrons. The monoisotopic (exact) mass is 419 g/mol. The van der Waals surface area contributed by atoms with E-state index in [2.05, 4.69) is 21.7 Å². The third-order valence-corrected chi connectivity index (χ3v) is 6.17. The van der Waals surface area contributed by atoms with Gasteiger partial charge in [0.2, 0.25) is 6.79 Å². The highest BCUT2D eigenvalue weighted by Crippen LogP contribution is 2.32. The molecule has 1 aliphatic rings. The lowest BCUT2D eigenvalue weighted by Crippen LogP contribution is -2.18. The first kappa shape index (κ1) is 19.3. The van der Waals surface area contributed by atoms with Crippen LogP contribution in [-0.4, -0.2) is 45.1 Å². The molecule has 0 aliphatic carbocycles. The van der Waals surface area contributed by atoms with Crippen molar-refractivity contribution in [2.24, 2.45) is 0 Å². The lowest BCUT2D eigenvalue weighted by molar-refractivity contribution is 0.0397. The molecule has 0 saturated carbocycles. The van der Waals surface area contributed by atoms with Crippen LogP contribution in [0.1, 0.15) is 12.5 Å². The number of rotatable bonds is 9. The Hall–Kier alpha value is -2.07. The summed E-state index contributed by atoms with van der Waals surface area (Å²) in [6.07, 6.45) is -0.591. The van der Waals surface area contributed by atoms with Crippen molar-refractivity contribution in [2.75, 3.05) is 19.2 Å². The number of aliphatic hydroxyl groups is 1. The van der Waals surface area contributed by atoms with Crippen LogP contribution >= 0.6 is 23.1 Å². The van der Waals surface area contributed by atoms with Gasteiger partial charge in [0.15, 0.2) is 22.5 Å². The minimum atomic E-state index is -0.591. The number of hydrogen-bond donors (Lipinski definition) is 1. The fourth-order valence-corrected chi connectivity index (χ4v) is 4.46. The third kappa shape index (κ3) is 4.33. The largest absolute Gasteiger partial charge is 0.454 e. The summed E-state index contributed by atoms with van der Waals surface area (Å²) >= 11 is 3.13. The van der Waals surface area contributed by atoms with Crippen LogP contribution in [0.15, 0.2) is 40.9 Å². The number of benzene rings is 1. The molecule has 4 rings (SSSR count). The molecule has 7 nitrogen and oxygen atoms in total. The second-order valence-corrected chi connectivity index (χ2v) is 8.13. The van der Waals surface area contributed by atoms with E-state index in [0.29, 0.717) is 12.4 Å². The number of thiophene rings is 1. The normalized spacial score (nSPS) is 13.8. The first-order valence-electron chi connectivity index (χ1n) is 8.98. The Balaban J connectivity index is 1.26. The van der Waals surface area contributed by atoms with Gasteiger partial charge in [-0.25, -0.2) is 0 Å². The molecule has 0 saturated heterocycles. The van der Waals surface area contributed by atoms with E-state index >= 15 is 0 Å². The molecule has 0 spiro atoms. The number of hydrogen-bond acceptors (Lipinski definition) is 8. The number of aromatic nitrogens is 3. The molecule has 148 valence electrons. The van der Waals surface area contributed by atoms with E-state index in [1.807, 2.05) is 35.7 Å². The molecule has 0 unspecified atom stereocenters. The van der Waals surface area contributed by atoms with Crippen molar-refractivity contribution in [3.8, 4) is 22.2 Å². The molecule has 28 heavy (non-hydrogen) atoms. The summed E-state index contributed by atoms with van der Waals surface area (Å²) in [7, 11) is 0. The van der Waals surface area contributed by atoms with Crippen LogP contribution < -0.4 is 9.47 Å². The van der Waals surface area contributed by atoms with E-state index in [4.69, 9.17) is 14.2 Å². The molecule has 0 amide bonds. The quantitative estimate of drug-likeness (QED) is 0.532. The summed E-state index contributed by atoms with van der Waals surface area (Å²) in [5, 5.41) is 21.7. The second-order valence-electron chi connectivity index (χ2n) is 6.20.